The number of aryl methyl sites for hydroxylation is 2. The normalized spacial score (nSPS) is 17.2. The lowest BCUT2D eigenvalue weighted by atomic mass is 9.95. The molecule has 0 bridgehead atoms. The summed E-state index contributed by atoms with van der Waals surface area (Å²) in [5.74, 6) is -0.777. The van der Waals surface area contributed by atoms with Gasteiger partial charge in [-0.05, 0) is 67.3 Å². The summed E-state index contributed by atoms with van der Waals surface area (Å²) in [5, 5.41) is 11.4. The summed E-state index contributed by atoms with van der Waals surface area (Å²) in [6.07, 6.45) is 0.878. The van der Waals surface area contributed by atoms with E-state index < -0.39 is 17.7 Å². The first-order valence-corrected chi connectivity index (χ1v) is 11.9. The molecule has 7 heteroatoms. The zero-order chi connectivity index (χ0) is 25.4. The van der Waals surface area contributed by atoms with Crippen LogP contribution in [0.5, 0.6) is 5.75 Å². The number of hydrogen-bond acceptors (Lipinski definition) is 5. The van der Waals surface area contributed by atoms with Crippen LogP contribution in [-0.4, -0.2) is 33.4 Å². The molecule has 2 heterocycles. The highest BCUT2D eigenvalue weighted by Gasteiger charge is 2.48. The summed E-state index contributed by atoms with van der Waals surface area (Å²) < 4.78 is 5.75. The lowest BCUT2D eigenvalue weighted by Crippen LogP contribution is -2.30. The van der Waals surface area contributed by atoms with Crippen LogP contribution in [0.3, 0.4) is 0 Å². The zero-order valence-electron chi connectivity index (χ0n) is 20.4. The van der Waals surface area contributed by atoms with Gasteiger partial charge < -0.3 is 14.8 Å². The molecule has 0 radical (unpaired) electrons. The number of imidazole rings is 1. The van der Waals surface area contributed by atoms with Crippen molar-refractivity contribution in [2.45, 2.75) is 33.2 Å². The van der Waals surface area contributed by atoms with Crippen LogP contribution < -0.4 is 9.64 Å². The number of benzene rings is 3. The molecule has 36 heavy (non-hydrogen) atoms. The minimum Gasteiger partial charge on any atom is -0.507 e. The van der Waals surface area contributed by atoms with E-state index in [1.807, 2.05) is 69.3 Å². The lowest BCUT2D eigenvalue weighted by Gasteiger charge is -2.23. The number of ether oxygens (including phenoxy) is 1. The van der Waals surface area contributed by atoms with E-state index in [0.717, 1.165) is 23.1 Å². The Labute approximate surface area is 209 Å². The maximum atomic E-state index is 13.4. The fourth-order valence-corrected chi connectivity index (χ4v) is 4.55. The van der Waals surface area contributed by atoms with Crippen LogP contribution in [0.1, 0.15) is 41.6 Å². The Morgan fingerprint density at radius 1 is 1.06 bits per heavy atom. The summed E-state index contributed by atoms with van der Waals surface area (Å²) in [6.45, 7) is 6.46. The number of H-pyrrole nitrogens is 1. The van der Waals surface area contributed by atoms with Gasteiger partial charge in [-0.3, -0.25) is 14.5 Å². The lowest BCUT2D eigenvalue weighted by molar-refractivity contribution is -0.132. The molecule has 1 atom stereocenters. The van der Waals surface area contributed by atoms with Gasteiger partial charge in [-0.15, -0.1) is 0 Å². The van der Waals surface area contributed by atoms with Crippen LogP contribution in [0.4, 0.5) is 5.95 Å². The Bertz CT molecular complexity index is 1500. The molecule has 1 aliphatic heterocycles. The van der Waals surface area contributed by atoms with E-state index in [1.165, 1.54) is 4.90 Å². The molecule has 5 rings (SSSR count). The van der Waals surface area contributed by atoms with Crippen molar-refractivity contribution < 1.29 is 19.4 Å². The molecule has 1 saturated heterocycles. The van der Waals surface area contributed by atoms with Crippen molar-refractivity contribution in [2.24, 2.45) is 0 Å². The molecule has 0 saturated carbocycles. The van der Waals surface area contributed by atoms with E-state index in [0.29, 0.717) is 29.0 Å². The zero-order valence-corrected chi connectivity index (χ0v) is 20.4. The Morgan fingerprint density at radius 2 is 1.83 bits per heavy atom. The van der Waals surface area contributed by atoms with E-state index in [-0.39, 0.29) is 17.3 Å². The third kappa shape index (κ3) is 4.02. The average Bonchev–Trinajstić information content (AvgIpc) is 3.41. The second-order valence-corrected chi connectivity index (χ2v) is 8.99. The molecule has 1 aromatic heterocycles. The fraction of sp³-hybridized carbons (Fsp3) is 0.207. The summed E-state index contributed by atoms with van der Waals surface area (Å²) >= 11 is 0. The van der Waals surface area contributed by atoms with Gasteiger partial charge in [-0.1, -0.05) is 43.3 Å². The SMILES string of the molecule is CCCOc1ccc(/C(O)=C2\C(=O)C(=O)N(c3nc4ccc(C)cc4[nH]3)C2c2ccccc2)cc1C. The Balaban J connectivity index is 1.66. The number of nitrogens with zero attached hydrogens (tertiary/aromatic N) is 2. The second kappa shape index (κ2) is 9.34. The van der Waals surface area contributed by atoms with E-state index >= 15 is 0 Å². The highest BCUT2D eigenvalue weighted by atomic mass is 16.5. The van der Waals surface area contributed by atoms with Crippen molar-refractivity contribution in [1.82, 2.24) is 9.97 Å². The number of anilines is 1. The molecule has 182 valence electrons. The van der Waals surface area contributed by atoms with Gasteiger partial charge in [0.25, 0.3) is 5.78 Å². The largest absolute Gasteiger partial charge is 0.507 e. The first-order chi connectivity index (χ1) is 17.4. The number of carbonyl (C=O) groups excluding carboxylic acids is 2. The van der Waals surface area contributed by atoms with Gasteiger partial charge in [-0.2, -0.15) is 0 Å². The quantitative estimate of drug-likeness (QED) is 0.212. The van der Waals surface area contributed by atoms with Gasteiger partial charge in [0.1, 0.15) is 11.5 Å². The first-order valence-electron chi connectivity index (χ1n) is 11.9. The number of amides is 1. The van der Waals surface area contributed by atoms with Crippen LogP contribution >= 0.6 is 0 Å². The summed E-state index contributed by atoms with van der Waals surface area (Å²) in [6, 6.07) is 19.3. The number of aliphatic hydroxyl groups is 1. The van der Waals surface area contributed by atoms with Crippen molar-refractivity contribution in [2.75, 3.05) is 11.5 Å². The van der Waals surface area contributed by atoms with Crippen molar-refractivity contribution in [3.8, 4) is 5.75 Å². The maximum absolute atomic E-state index is 13.4. The van der Waals surface area contributed by atoms with Crippen molar-refractivity contribution in [1.29, 1.82) is 0 Å². The Morgan fingerprint density at radius 3 is 2.56 bits per heavy atom. The molecule has 4 aromatic rings. The first kappa shape index (κ1) is 23.4. The third-order valence-corrected chi connectivity index (χ3v) is 6.32. The number of ketones is 1. The van der Waals surface area contributed by atoms with E-state index in [2.05, 4.69) is 9.97 Å². The number of aliphatic hydroxyl groups excluding tert-OH is 1. The molecule has 0 spiro atoms. The number of Topliss-reactive ketones (excluding diaryl/α,β-unsaturated/α-hetero) is 1. The standard InChI is InChI=1S/C29H27N3O4/c1-4-14-36-23-13-11-20(16-18(23)3)26(33)24-25(19-8-6-5-7-9-19)32(28(35)27(24)34)29-30-21-12-10-17(2)15-22(21)31-29/h5-13,15-16,25,33H,4,14H2,1-3H3,(H,30,31)/b26-24+. The highest BCUT2D eigenvalue weighted by Crippen LogP contribution is 2.42. The highest BCUT2D eigenvalue weighted by molar-refractivity contribution is 6.51. The van der Waals surface area contributed by atoms with Gasteiger partial charge >= 0.3 is 5.91 Å². The van der Waals surface area contributed by atoms with E-state index in [4.69, 9.17) is 4.74 Å². The molecule has 7 nitrogen and oxygen atoms in total. The smallest absolute Gasteiger partial charge is 0.302 e. The Hall–Kier alpha value is -4.39. The van der Waals surface area contributed by atoms with E-state index in [9.17, 15) is 14.7 Å². The topological polar surface area (TPSA) is 95.5 Å². The number of hydrogen-bond donors (Lipinski definition) is 2. The average molecular weight is 482 g/mol. The number of aromatic amines is 1. The minimum atomic E-state index is -0.843. The number of aromatic nitrogens is 2. The van der Waals surface area contributed by atoms with Crippen LogP contribution in [0.15, 0.2) is 72.3 Å². The second-order valence-electron chi connectivity index (χ2n) is 8.99. The molecule has 1 fully saturated rings. The van der Waals surface area contributed by atoms with Crippen LogP contribution in [-0.2, 0) is 9.59 Å². The van der Waals surface area contributed by atoms with Crippen LogP contribution in [0.25, 0.3) is 16.8 Å². The molecule has 3 aromatic carbocycles. The minimum absolute atomic E-state index is 0.0180. The molecular weight excluding hydrogens is 454 g/mol. The van der Waals surface area contributed by atoms with Crippen LogP contribution in [0, 0.1) is 13.8 Å². The monoisotopic (exact) mass is 481 g/mol. The molecule has 1 amide bonds. The van der Waals surface area contributed by atoms with Gasteiger partial charge in [0.15, 0.2) is 0 Å². The molecule has 2 N–H and O–H groups in total. The number of fused-ring (bicyclic) bond motifs is 1. The molecule has 1 unspecified atom stereocenters. The predicted octanol–water partition coefficient (Wildman–Crippen LogP) is 5.59. The van der Waals surface area contributed by atoms with Crippen molar-refractivity contribution in [3.63, 3.8) is 0 Å². The van der Waals surface area contributed by atoms with Gasteiger partial charge in [0.2, 0.25) is 5.95 Å². The summed E-state index contributed by atoms with van der Waals surface area (Å²) in [5.41, 5.74) is 4.46. The molecular formula is C29H27N3O4. The van der Waals surface area contributed by atoms with Crippen LogP contribution in [0.2, 0.25) is 0 Å². The van der Waals surface area contributed by atoms with Gasteiger partial charge in [0.05, 0.1) is 29.3 Å². The number of carbonyl (C=O) groups is 2. The summed E-state index contributed by atoms with van der Waals surface area (Å²) in [4.78, 5) is 35.9. The van der Waals surface area contributed by atoms with E-state index in [1.54, 1.807) is 18.2 Å². The maximum Gasteiger partial charge on any atom is 0.302 e. The Kier molecular flexibility index (Phi) is 6.06. The van der Waals surface area contributed by atoms with Gasteiger partial charge in [0, 0.05) is 5.56 Å². The number of nitrogens with one attached hydrogen (secondary N) is 1. The summed E-state index contributed by atoms with van der Waals surface area (Å²) in [7, 11) is 0. The fourth-order valence-electron chi connectivity index (χ4n) is 4.55. The number of rotatable bonds is 6. The van der Waals surface area contributed by atoms with Crippen molar-refractivity contribution >= 4 is 34.4 Å². The molecule has 0 aliphatic carbocycles. The predicted molar refractivity (Wildman–Crippen MR) is 139 cm³/mol. The van der Waals surface area contributed by atoms with Gasteiger partial charge in [-0.25, -0.2) is 4.98 Å². The molecule has 1 aliphatic rings. The third-order valence-electron chi connectivity index (χ3n) is 6.32. The van der Waals surface area contributed by atoms with Crippen molar-refractivity contribution in [3.05, 3.63) is 94.6 Å².